The van der Waals surface area contributed by atoms with Crippen molar-refractivity contribution in [3.05, 3.63) is 47.9 Å². The van der Waals surface area contributed by atoms with Gasteiger partial charge in [-0.15, -0.1) is 0 Å². The van der Waals surface area contributed by atoms with E-state index in [1.807, 2.05) is 17.0 Å². The smallest absolute Gasteiger partial charge is 0.276 e. The van der Waals surface area contributed by atoms with Crippen LogP contribution in [-0.2, 0) is 6.54 Å². The van der Waals surface area contributed by atoms with Crippen molar-refractivity contribution in [3.63, 3.8) is 0 Å². The molecule has 6 nitrogen and oxygen atoms in total. The summed E-state index contributed by atoms with van der Waals surface area (Å²) in [5, 5.41) is 0. The van der Waals surface area contributed by atoms with E-state index in [2.05, 4.69) is 21.9 Å². The number of pyridine rings is 1. The molecule has 0 bridgehead atoms. The van der Waals surface area contributed by atoms with Crippen LogP contribution in [0.1, 0.15) is 34.7 Å². The maximum absolute atomic E-state index is 13.0. The molecule has 0 spiro atoms. The Balaban J connectivity index is 1.84. The molecule has 3 rings (SSSR count). The first-order valence-electron chi connectivity index (χ1n) is 7.93. The van der Waals surface area contributed by atoms with E-state index in [4.69, 9.17) is 4.42 Å². The highest BCUT2D eigenvalue weighted by atomic mass is 16.3. The van der Waals surface area contributed by atoms with Gasteiger partial charge in [0.05, 0.1) is 0 Å². The summed E-state index contributed by atoms with van der Waals surface area (Å²) in [6.45, 7) is 4.35. The van der Waals surface area contributed by atoms with Gasteiger partial charge >= 0.3 is 0 Å². The Morgan fingerprint density at radius 3 is 2.65 bits per heavy atom. The standard InChI is InChI=1S/C17H22N4O2/c1-13-16(19-12-23-13)17(22)21(11-14-3-7-18-8-4-14)15-5-9-20(2)10-6-15/h3-4,7-8,12,15H,5-6,9-11H2,1-2H3. The average Bonchev–Trinajstić information content (AvgIpc) is 3.00. The third-order valence-corrected chi connectivity index (χ3v) is 4.44. The number of piperidine rings is 1. The van der Waals surface area contributed by atoms with Gasteiger partial charge in [-0.2, -0.15) is 0 Å². The third kappa shape index (κ3) is 3.59. The molecule has 1 fully saturated rings. The van der Waals surface area contributed by atoms with Crippen LogP contribution in [0.3, 0.4) is 0 Å². The van der Waals surface area contributed by atoms with Gasteiger partial charge in [0.2, 0.25) is 0 Å². The number of hydrogen-bond donors (Lipinski definition) is 0. The fraction of sp³-hybridized carbons (Fsp3) is 0.471. The van der Waals surface area contributed by atoms with E-state index < -0.39 is 0 Å². The number of likely N-dealkylation sites (tertiary alicyclic amines) is 1. The fourth-order valence-electron chi connectivity index (χ4n) is 3.00. The molecule has 6 heteroatoms. The number of carbonyl (C=O) groups excluding carboxylic acids is 1. The average molecular weight is 314 g/mol. The van der Waals surface area contributed by atoms with Crippen LogP contribution in [0.4, 0.5) is 0 Å². The largest absolute Gasteiger partial charge is 0.448 e. The molecule has 0 aliphatic carbocycles. The summed E-state index contributed by atoms with van der Waals surface area (Å²) in [4.78, 5) is 25.4. The van der Waals surface area contributed by atoms with Crippen LogP contribution >= 0.6 is 0 Å². The molecule has 3 heterocycles. The lowest BCUT2D eigenvalue weighted by atomic mass is 10.0. The molecular formula is C17H22N4O2. The van der Waals surface area contributed by atoms with Gasteiger partial charge in [-0.1, -0.05) is 0 Å². The summed E-state index contributed by atoms with van der Waals surface area (Å²) >= 11 is 0. The molecular weight excluding hydrogens is 292 g/mol. The maximum atomic E-state index is 13.0. The Morgan fingerprint density at radius 1 is 1.35 bits per heavy atom. The maximum Gasteiger partial charge on any atom is 0.276 e. The monoisotopic (exact) mass is 314 g/mol. The summed E-state index contributed by atoms with van der Waals surface area (Å²) < 4.78 is 5.21. The first-order chi connectivity index (χ1) is 11.1. The Bertz CT molecular complexity index is 648. The zero-order chi connectivity index (χ0) is 16.2. The second-order valence-electron chi connectivity index (χ2n) is 6.08. The number of aryl methyl sites for hydroxylation is 1. The number of aromatic nitrogens is 2. The lowest BCUT2D eigenvalue weighted by Gasteiger charge is -2.37. The highest BCUT2D eigenvalue weighted by Crippen LogP contribution is 2.21. The summed E-state index contributed by atoms with van der Waals surface area (Å²) in [5.74, 6) is 0.519. The molecule has 1 aliphatic rings. The van der Waals surface area contributed by atoms with Gasteiger partial charge < -0.3 is 14.2 Å². The van der Waals surface area contributed by atoms with Gasteiger partial charge in [-0.25, -0.2) is 4.98 Å². The van der Waals surface area contributed by atoms with Crippen molar-refractivity contribution in [3.8, 4) is 0 Å². The topological polar surface area (TPSA) is 62.5 Å². The van der Waals surface area contributed by atoms with Crippen molar-refractivity contribution in [1.82, 2.24) is 19.8 Å². The Labute approximate surface area is 136 Å². The number of amides is 1. The zero-order valence-electron chi connectivity index (χ0n) is 13.6. The Kier molecular flexibility index (Phi) is 4.71. The minimum Gasteiger partial charge on any atom is -0.448 e. The molecule has 0 saturated carbocycles. The molecule has 2 aromatic rings. The lowest BCUT2D eigenvalue weighted by Crippen LogP contribution is -2.46. The number of rotatable bonds is 4. The number of oxazole rings is 1. The van der Waals surface area contributed by atoms with Crippen molar-refractivity contribution in [2.24, 2.45) is 0 Å². The van der Waals surface area contributed by atoms with Crippen LogP contribution in [0.15, 0.2) is 35.3 Å². The molecule has 0 atom stereocenters. The molecule has 0 unspecified atom stereocenters. The molecule has 1 amide bonds. The quantitative estimate of drug-likeness (QED) is 0.865. The Morgan fingerprint density at radius 2 is 2.04 bits per heavy atom. The molecule has 0 aromatic carbocycles. The van der Waals surface area contributed by atoms with Gasteiger partial charge in [0.25, 0.3) is 5.91 Å². The van der Waals surface area contributed by atoms with Crippen molar-refractivity contribution in [2.45, 2.75) is 32.4 Å². The van der Waals surface area contributed by atoms with E-state index in [0.717, 1.165) is 31.5 Å². The number of nitrogens with zero attached hydrogens (tertiary/aromatic N) is 4. The van der Waals surface area contributed by atoms with Gasteiger partial charge in [0.1, 0.15) is 5.76 Å². The number of carbonyl (C=O) groups is 1. The molecule has 2 aromatic heterocycles. The van der Waals surface area contributed by atoms with E-state index in [9.17, 15) is 4.79 Å². The van der Waals surface area contributed by atoms with Crippen molar-refractivity contribution < 1.29 is 9.21 Å². The minimum absolute atomic E-state index is 0.0531. The molecule has 0 radical (unpaired) electrons. The van der Waals surface area contributed by atoms with Gasteiger partial charge in [0, 0.05) is 25.0 Å². The lowest BCUT2D eigenvalue weighted by molar-refractivity contribution is 0.0562. The van der Waals surface area contributed by atoms with Gasteiger partial charge in [-0.05, 0) is 57.6 Å². The van der Waals surface area contributed by atoms with Crippen molar-refractivity contribution in [2.75, 3.05) is 20.1 Å². The second-order valence-corrected chi connectivity index (χ2v) is 6.08. The predicted octanol–water partition coefficient (Wildman–Crippen LogP) is 2.11. The first kappa shape index (κ1) is 15.7. The zero-order valence-corrected chi connectivity index (χ0v) is 13.6. The van der Waals surface area contributed by atoms with E-state index >= 15 is 0 Å². The van der Waals surface area contributed by atoms with E-state index in [1.54, 1.807) is 19.3 Å². The molecule has 1 aliphatic heterocycles. The van der Waals surface area contributed by atoms with Gasteiger partial charge in [0.15, 0.2) is 12.1 Å². The first-order valence-corrected chi connectivity index (χ1v) is 7.93. The minimum atomic E-state index is -0.0531. The molecule has 1 saturated heterocycles. The highest BCUT2D eigenvalue weighted by Gasteiger charge is 2.30. The normalized spacial score (nSPS) is 16.4. The third-order valence-electron chi connectivity index (χ3n) is 4.44. The van der Waals surface area contributed by atoms with Crippen LogP contribution < -0.4 is 0 Å². The molecule has 122 valence electrons. The van der Waals surface area contributed by atoms with E-state index in [1.165, 1.54) is 6.39 Å². The summed E-state index contributed by atoms with van der Waals surface area (Å²) in [5.41, 5.74) is 1.49. The van der Waals surface area contributed by atoms with Crippen LogP contribution in [0.2, 0.25) is 0 Å². The molecule has 23 heavy (non-hydrogen) atoms. The van der Waals surface area contributed by atoms with Gasteiger partial charge in [-0.3, -0.25) is 9.78 Å². The number of hydrogen-bond acceptors (Lipinski definition) is 5. The van der Waals surface area contributed by atoms with Crippen LogP contribution in [-0.4, -0.2) is 51.9 Å². The highest BCUT2D eigenvalue weighted by molar-refractivity contribution is 5.93. The SMILES string of the molecule is Cc1ocnc1C(=O)N(Cc1ccncc1)C1CCN(C)CC1. The van der Waals surface area contributed by atoms with Crippen LogP contribution in [0.25, 0.3) is 0 Å². The molecule has 0 N–H and O–H groups in total. The van der Waals surface area contributed by atoms with Crippen molar-refractivity contribution in [1.29, 1.82) is 0 Å². The second kappa shape index (κ2) is 6.91. The fourth-order valence-corrected chi connectivity index (χ4v) is 3.00. The van der Waals surface area contributed by atoms with E-state index in [0.29, 0.717) is 18.0 Å². The van der Waals surface area contributed by atoms with Crippen LogP contribution in [0, 0.1) is 6.92 Å². The summed E-state index contributed by atoms with van der Waals surface area (Å²) in [7, 11) is 2.12. The summed E-state index contributed by atoms with van der Waals surface area (Å²) in [6, 6.07) is 4.12. The van der Waals surface area contributed by atoms with E-state index in [-0.39, 0.29) is 11.9 Å². The summed E-state index contributed by atoms with van der Waals surface area (Å²) in [6.07, 6.45) is 6.80. The van der Waals surface area contributed by atoms with Crippen LogP contribution in [0.5, 0.6) is 0 Å². The predicted molar refractivity (Wildman–Crippen MR) is 85.9 cm³/mol. The Hall–Kier alpha value is -2.21. The van der Waals surface area contributed by atoms with Crippen molar-refractivity contribution >= 4 is 5.91 Å².